The Morgan fingerprint density at radius 2 is 1.67 bits per heavy atom. The highest BCUT2D eigenvalue weighted by molar-refractivity contribution is 5.99. The first kappa shape index (κ1) is 15.1. The highest BCUT2D eigenvalue weighted by Gasteiger charge is 2.15. The summed E-state index contributed by atoms with van der Waals surface area (Å²) in [5, 5.41) is 3.10. The molecule has 1 N–H and O–H groups in total. The minimum absolute atomic E-state index is 0.0277. The van der Waals surface area contributed by atoms with Crippen molar-refractivity contribution in [2.75, 3.05) is 19.4 Å². The average Bonchev–Trinajstić information content (AvgIpc) is 2.48. The Morgan fingerprint density at radius 1 is 1.05 bits per heavy atom. The summed E-state index contributed by atoms with van der Waals surface area (Å²) < 4.78 is 0. The number of hydrogen-bond acceptors (Lipinski definition) is 2. The molecule has 3 nitrogen and oxygen atoms in total. The first-order valence-corrected chi connectivity index (χ1v) is 7.10. The van der Waals surface area contributed by atoms with E-state index in [1.807, 2.05) is 39.2 Å². The zero-order valence-corrected chi connectivity index (χ0v) is 13.1. The predicted octanol–water partition coefficient (Wildman–Crippen LogP) is 3.62. The third-order valence-corrected chi connectivity index (χ3v) is 3.56. The summed E-state index contributed by atoms with van der Waals surface area (Å²) in [6, 6.07) is 14.1. The lowest BCUT2D eigenvalue weighted by molar-refractivity contribution is 0.0786. The number of rotatable bonds is 4. The van der Waals surface area contributed by atoms with E-state index in [2.05, 4.69) is 36.5 Å². The number of aryl methyl sites for hydroxylation is 2. The maximum atomic E-state index is 12.6. The van der Waals surface area contributed by atoms with Gasteiger partial charge in [-0.2, -0.15) is 0 Å². The lowest BCUT2D eigenvalue weighted by atomic mass is 10.1. The van der Waals surface area contributed by atoms with Crippen molar-refractivity contribution in [3.63, 3.8) is 0 Å². The van der Waals surface area contributed by atoms with Gasteiger partial charge in [0.25, 0.3) is 5.91 Å². The molecule has 0 aliphatic rings. The molecule has 110 valence electrons. The maximum Gasteiger partial charge on any atom is 0.255 e. The molecule has 0 aliphatic carbocycles. The Kier molecular flexibility index (Phi) is 4.63. The number of carbonyl (C=O) groups excluding carboxylic acids is 1. The summed E-state index contributed by atoms with van der Waals surface area (Å²) in [6.07, 6.45) is 0. The van der Waals surface area contributed by atoms with Gasteiger partial charge in [0, 0.05) is 26.3 Å². The number of amides is 1. The molecule has 0 aliphatic heterocycles. The Bertz CT molecular complexity index is 632. The molecule has 0 aromatic heterocycles. The van der Waals surface area contributed by atoms with E-state index in [0.717, 1.165) is 16.8 Å². The van der Waals surface area contributed by atoms with Crippen LogP contribution in [0, 0.1) is 13.8 Å². The molecule has 0 unspecified atom stereocenters. The van der Waals surface area contributed by atoms with Gasteiger partial charge in [-0.25, -0.2) is 0 Å². The molecular weight excluding hydrogens is 260 g/mol. The number of carbonyl (C=O) groups is 1. The van der Waals surface area contributed by atoms with Gasteiger partial charge in [0.1, 0.15) is 0 Å². The largest absolute Gasteiger partial charge is 0.387 e. The second-order valence-corrected chi connectivity index (χ2v) is 5.45. The van der Waals surface area contributed by atoms with E-state index in [4.69, 9.17) is 0 Å². The van der Waals surface area contributed by atoms with Gasteiger partial charge in [-0.05, 0) is 37.1 Å². The lowest BCUT2D eigenvalue weighted by Crippen LogP contribution is -2.26. The Morgan fingerprint density at radius 3 is 2.29 bits per heavy atom. The topological polar surface area (TPSA) is 32.3 Å². The third-order valence-electron chi connectivity index (χ3n) is 3.56. The first-order chi connectivity index (χ1) is 10.0. The summed E-state index contributed by atoms with van der Waals surface area (Å²) in [5.41, 5.74) is 5.07. The van der Waals surface area contributed by atoms with Crippen LogP contribution in [0.15, 0.2) is 42.5 Å². The monoisotopic (exact) mass is 282 g/mol. The summed E-state index contributed by atoms with van der Waals surface area (Å²) in [6.45, 7) is 4.69. The summed E-state index contributed by atoms with van der Waals surface area (Å²) in [7, 11) is 3.67. The number of nitrogens with zero attached hydrogens (tertiary/aromatic N) is 1. The third kappa shape index (κ3) is 3.63. The Hall–Kier alpha value is -2.29. The van der Waals surface area contributed by atoms with E-state index in [1.165, 1.54) is 5.56 Å². The van der Waals surface area contributed by atoms with Crippen LogP contribution in [0.3, 0.4) is 0 Å². The highest BCUT2D eigenvalue weighted by Crippen LogP contribution is 2.19. The van der Waals surface area contributed by atoms with E-state index < -0.39 is 0 Å². The molecule has 0 saturated carbocycles. The normalized spacial score (nSPS) is 10.3. The van der Waals surface area contributed by atoms with Crippen LogP contribution in [-0.4, -0.2) is 24.9 Å². The molecule has 2 aromatic carbocycles. The molecule has 0 spiro atoms. The van der Waals surface area contributed by atoms with E-state index in [0.29, 0.717) is 12.1 Å². The van der Waals surface area contributed by atoms with Crippen molar-refractivity contribution < 1.29 is 4.79 Å². The smallest absolute Gasteiger partial charge is 0.255 e. The van der Waals surface area contributed by atoms with Crippen molar-refractivity contribution in [1.82, 2.24) is 4.90 Å². The zero-order chi connectivity index (χ0) is 15.4. The van der Waals surface area contributed by atoms with E-state index >= 15 is 0 Å². The Labute approximate surface area is 126 Å². The number of nitrogens with one attached hydrogen (secondary N) is 1. The van der Waals surface area contributed by atoms with Crippen molar-refractivity contribution >= 4 is 11.6 Å². The molecule has 21 heavy (non-hydrogen) atoms. The van der Waals surface area contributed by atoms with Gasteiger partial charge < -0.3 is 10.2 Å². The second-order valence-electron chi connectivity index (χ2n) is 5.45. The van der Waals surface area contributed by atoms with Crippen LogP contribution in [-0.2, 0) is 6.54 Å². The molecule has 3 heteroatoms. The van der Waals surface area contributed by atoms with Crippen molar-refractivity contribution in [3.8, 4) is 0 Å². The fraction of sp³-hybridized carbons (Fsp3) is 0.278. The predicted molar refractivity (Wildman–Crippen MR) is 87.7 cm³/mol. The van der Waals surface area contributed by atoms with Gasteiger partial charge in [-0.1, -0.05) is 35.9 Å². The molecule has 2 aromatic rings. The molecule has 0 saturated heterocycles. The van der Waals surface area contributed by atoms with Gasteiger partial charge in [-0.3, -0.25) is 4.79 Å². The molecular formula is C18H22N2O. The molecule has 1 amide bonds. The first-order valence-electron chi connectivity index (χ1n) is 7.10. The molecule has 0 heterocycles. The van der Waals surface area contributed by atoms with Gasteiger partial charge in [0.05, 0.1) is 5.56 Å². The Balaban J connectivity index is 2.17. The second kappa shape index (κ2) is 6.44. The lowest BCUT2D eigenvalue weighted by Gasteiger charge is -2.19. The molecule has 0 radical (unpaired) electrons. The number of anilines is 1. The zero-order valence-electron chi connectivity index (χ0n) is 13.1. The molecule has 0 fully saturated rings. The van der Waals surface area contributed by atoms with Crippen LogP contribution in [0.25, 0.3) is 0 Å². The molecule has 2 rings (SSSR count). The van der Waals surface area contributed by atoms with Gasteiger partial charge in [0.15, 0.2) is 0 Å². The summed E-state index contributed by atoms with van der Waals surface area (Å²) in [5.74, 6) is 0.0277. The minimum atomic E-state index is 0.0277. The van der Waals surface area contributed by atoms with Crippen molar-refractivity contribution in [2.24, 2.45) is 0 Å². The van der Waals surface area contributed by atoms with E-state index in [-0.39, 0.29) is 5.91 Å². The van der Waals surface area contributed by atoms with E-state index in [1.54, 1.807) is 4.90 Å². The van der Waals surface area contributed by atoms with E-state index in [9.17, 15) is 4.79 Å². The standard InChI is InChI=1S/C18H22N2O/c1-13-5-8-15(9-6-13)12-20(4)18(21)16-10-7-14(2)11-17(16)19-3/h5-11,19H,12H2,1-4H3. The van der Waals surface area contributed by atoms with Crippen molar-refractivity contribution in [1.29, 1.82) is 0 Å². The highest BCUT2D eigenvalue weighted by atomic mass is 16.2. The summed E-state index contributed by atoms with van der Waals surface area (Å²) in [4.78, 5) is 14.3. The molecule has 0 atom stereocenters. The van der Waals surface area contributed by atoms with Crippen LogP contribution in [0.5, 0.6) is 0 Å². The van der Waals surface area contributed by atoms with Crippen LogP contribution in [0.1, 0.15) is 27.0 Å². The minimum Gasteiger partial charge on any atom is -0.387 e. The van der Waals surface area contributed by atoms with Gasteiger partial charge in [0.2, 0.25) is 0 Å². The van der Waals surface area contributed by atoms with Crippen LogP contribution < -0.4 is 5.32 Å². The SMILES string of the molecule is CNc1cc(C)ccc1C(=O)N(C)Cc1ccc(C)cc1. The fourth-order valence-corrected chi connectivity index (χ4v) is 2.30. The van der Waals surface area contributed by atoms with Crippen LogP contribution in [0.2, 0.25) is 0 Å². The van der Waals surface area contributed by atoms with Gasteiger partial charge >= 0.3 is 0 Å². The average molecular weight is 282 g/mol. The maximum absolute atomic E-state index is 12.6. The fourth-order valence-electron chi connectivity index (χ4n) is 2.30. The van der Waals surface area contributed by atoms with Crippen molar-refractivity contribution in [2.45, 2.75) is 20.4 Å². The quantitative estimate of drug-likeness (QED) is 0.929. The molecule has 0 bridgehead atoms. The number of benzene rings is 2. The van der Waals surface area contributed by atoms with Gasteiger partial charge in [-0.15, -0.1) is 0 Å². The van der Waals surface area contributed by atoms with Crippen LogP contribution >= 0.6 is 0 Å². The van der Waals surface area contributed by atoms with Crippen LogP contribution in [0.4, 0.5) is 5.69 Å². The van der Waals surface area contributed by atoms with Crippen molar-refractivity contribution in [3.05, 3.63) is 64.7 Å². The summed E-state index contributed by atoms with van der Waals surface area (Å²) >= 11 is 0. The number of hydrogen-bond donors (Lipinski definition) is 1.